The number of hydrogen-bond acceptors (Lipinski definition) is 9. The Balaban J connectivity index is 1.23. The van der Waals surface area contributed by atoms with Crippen LogP contribution in [0, 0.1) is 0 Å². The summed E-state index contributed by atoms with van der Waals surface area (Å²) in [6.45, 7) is 0. The first kappa shape index (κ1) is 25.8. The summed E-state index contributed by atoms with van der Waals surface area (Å²) in [5.74, 6) is 1.90. The summed E-state index contributed by atoms with van der Waals surface area (Å²) in [6.07, 6.45) is 4.54. The lowest BCUT2D eigenvalue weighted by Crippen LogP contribution is -2.14. The molecule has 0 unspecified atom stereocenters. The van der Waals surface area contributed by atoms with Crippen LogP contribution in [0.15, 0.2) is 90.3 Å². The number of rotatable bonds is 9. The normalized spacial score (nSPS) is 11.4. The third-order valence-corrected chi connectivity index (χ3v) is 7.66. The van der Waals surface area contributed by atoms with Crippen molar-refractivity contribution in [2.24, 2.45) is 0 Å². The van der Waals surface area contributed by atoms with Crippen LogP contribution >= 0.6 is 0 Å². The van der Waals surface area contributed by atoms with Gasteiger partial charge in [0.1, 0.15) is 10.9 Å². The molecular weight excluding hydrogens is 544 g/mol. The first-order valence-electron chi connectivity index (χ1n) is 12.4. The third kappa shape index (κ3) is 5.25. The molecule has 0 aliphatic carbocycles. The highest BCUT2D eigenvalue weighted by atomic mass is 32.2. The van der Waals surface area contributed by atoms with E-state index in [4.69, 9.17) is 9.47 Å². The number of anilines is 5. The van der Waals surface area contributed by atoms with Gasteiger partial charge in [0.2, 0.25) is 23.7 Å². The molecule has 0 aliphatic rings. The largest absolute Gasteiger partial charge is 0.493 e. The standard InChI is InChI=1S/C28H24N8O4S/c1-39-23-14-21-22(15-24(23)40-2)35-27-25(21)26(31-16-32-27)34-19-6-3-5-18(13-19)33-17-7-9-20(10-8-17)41(37,38)36-28-29-11-4-12-30-28/h3-16,33H,1-2H3,(H,29,30,36)(H2,31,32,34,35)/p+1. The number of aromatic nitrogens is 5. The van der Waals surface area contributed by atoms with Gasteiger partial charge in [-0.05, 0) is 54.6 Å². The summed E-state index contributed by atoms with van der Waals surface area (Å²) < 4.78 is 38.7. The molecular formula is C28H25N8O4S+. The Bertz CT molecular complexity index is 1960. The van der Waals surface area contributed by atoms with E-state index < -0.39 is 10.0 Å². The Morgan fingerprint density at radius 3 is 2.24 bits per heavy atom. The number of nitrogens with zero attached hydrogens (tertiary/aromatic N) is 3. The zero-order valence-electron chi connectivity index (χ0n) is 22.0. The van der Waals surface area contributed by atoms with E-state index in [-0.39, 0.29) is 10.8 Å². The molecule has 0 saturated heterocycles. The minimum atomic E-state index is -3.82. The molecule has 0 atom stereocenters. The molecule has 0 saturated carbocycles. The molecule has 0 bridgehead atoms. The topological polar surface area (TPSA) is 157 Å². The zero-order valence-corrected chi connectivity index (χ0v) is 22.8. The Morgan fingerprint density at radius 2 is 1.51 bits per heavy atom. The number of methoxy groups -OCH3 is 2. The average molecular weight is 570 g/mol. The van der Waals surface area contributed by atoms with Crippen molar-refractivity contribution >= 4 is 60.8 Å². The Kier molecular flexibility index (Phi) is 6.69. The van der Waals surface area contributed by atoms with Gasteiger partial charge in [0.25, 0.3) is 10.0 Å². The SMILES string of the molecule is COc1cc2[nH]c3[nH+]cnc(Nc4cccc(Nc5ccc(S(=O)(=O)Nc6ncccn6)cc5)c4)c3c2cc1OC. The van der Waals surface area contributed by atoms with Crippen molar-refractivity contribution in [3.63, 3.8) is 0 Å². The second kappa shape index (κ2) is 10.6. The number of aromatic amines is 2. The molecule has 0 radical (unpaired) electrons. The van der Waals surface area contributed by atoms with Gasteiger partial charge >= 0.3 is 0 Å². The number of hydrogen-bond donors (Lipinski definition) is 4. The number of fused-ring (bicyclic) bond motifs is 3. The van der Waals surface area contributed by atoms with Crippen LogP contribution in [0.4, 0.5) is 28.8 Å². The second-order valence-electron chi connectivity index (χ2n) is 8.91. The van der Waals surface area contributed by atoms with Crippen molar-refractivity contribution in [3.8, 4) is 11.5 Å². The average Bonchev–Trinajstić information content (AvgIpc) is 3.35. The van der Waals surface area contributed by atoms with Crippen molar-refractivity contribution in [1.29, 1.82) is 0 Å². The van der Waals surface area contributed by atoms with Gasteiger partial charge in [-0.2, -0.15) is 0 Å². The number of H-pyrrole nitrogens is 2. The molecule has 5 N–H and O–H groups in total. The zero-order chi connectivity index (χ0) is 28.4. The lowest BCUT2D eigenvalue weighted by molar-refractivity contribution is -0.351. The molecule has 13 heteroatoms. The van der Waals surface area contributed by atoms with Gasteiger partial charge in [0, 0.05) is 40.9 Å². The first-order chi connectivity index (χ1) is 19.9. The minimum Gasteiger partial charge on any atom is -0.493 e. The van der Waals surface area contributed by atoms with Gasteiger partial charge in [-0.15, -0.1) is 0 Å². The maximum absolute atomic E-state index is 12.7. The van der Waals surface area contributed by atoms with Crippen LogP contribution in [0.2, 0.25) is 0 Å². The molecule has 41 heavy (non-hydrogen) atoms. The van der Waals surface area contributed by atoms with Crippen LogP contribution in [-0.4, -0.2) is 42.6 Å². The molecule has 3 heterocycles. The quantitative estimate of drug-likeness (QED) is 0.195. The summed E-state index contributed by atoms with van der Waals surface area (Å²) in [5.41, 5.74) is 3.98. The van der Waals surface area contributed by atoms with Crippen LogP contribution in [0.1, 0.15) is 0 Å². The van der Waals surface area contributed by atoms with Gasteiger partial charge in [-0.1, -0.05) is 11.1 Å². The van der Waals surface area contributed by atoms with Crippen molar-refractivity contribution < 1.29 is 22.9 Å². The van der Waals surface area contributed by atoms with E-state index in [2.05, 4.69) is 40.3 Å². The highest BCUT2D eigenvalue weighted by Crippen LogP contribution is 2.37. The van der Waals surface area contributed by atoms with E-state index in [0.29, 0.717) is 23.0 Å². The van der Waals surface area contributed by atoms with Gasteiger partial charge in [0.05, 0.1) is 19.1 Å². The number of sulfonamides is 1. The third-order valence-electron chi connectivity index (χ3n) is 6.31. The molecule has 0 amide bonds. The van der Waals surface area contributed by atoms with Crippen LogP contribution < -0.4 is 29.8 Å². The predicted molar refractivity (Wildman–Crippen MR) is 156 cm³/mol. The first-order valence-corrected chi connectivity index (χ1v) is 13.9. The van der Waals surface area contributed by atoms with E-state index in [0.717, 1.165) is 33.3 Å². The summed E-state index contributed by atoms with van der Waals surface area (Å²) in [5, 5.41) is 8.50. The summed E-state index contributed by atoms with van der Waals surface area (Å²) in [6, 6.07) is 19.5. The van der Waals surface area contributed by atoms with Crippen LogP contribution in [0.5, 0.6) is 11.5 Å². The molecule has 6 aromatic rings. The smallest absolute Gasteiger partial charge is 0.264 e. The fourth-order valence-corrected chi connectivity index (χ4v) is 5.38. The fourth-order valence-electron chi connectivity index (χ4n) is 4.42. The summed E-state index contributed by atoms with van der Waals surface area (Å²) in [7, 11) is -0.620. The lowest BCUT2D eigenvalue weighted by Gasteiger charge is -2.11. The predicted octanol–water partition coefficient (Wildman–Crippen LogP) is 4.63. The van der Waals surface area contributed by atoms with E-state index in [1.54, 1.807) is 38.7 Å². The van der Waals surface area contributed by atoms with E-state index in [1.165, 1.54) is 24.5 Å². The van der Waals surface area contributed by atoms with Gasteiger partial charge in [0.15, 0.2) is 11.5 Å². The van der Waals surface area contributed by atoms with Crippen LogP contribution in [0.3, 0.4) is 0 Å². The van der Waals surface area contributed by atoms with Crippen molar-refractivity contribution in [2.75, 3.05) is 29.6 Å². The molecule has 0 aliphatic heterocycles. The molecule has 206 valence electrons. The van der Waals surface area contributed by atoms with Crippen molar-refractivity contribution in [2.45, 2.75) is 4.90 Å². The minimum absolute atomic E-state index is 0.00795. The van der Waals surface area contributed by atoms with E-state index in [9.17, 15) is 8.42 Å². The second-order valence-corrected chi connectivity index (χ2v) is 10.6. The lowest BCUT2D eigenvalue weighted by atomic mass is 10.1. The maximum atomic E-state index is 12.7. The molecule has 3 aromatic heterocycles. The molecule has 0 fully saturated rings. The van der Waals surface area contributed by atoms with E-state index >= 15 is 0 Å². The Morgan fingerprint density at radius 1 is 0.805 bits per heavy atom. The van der Waals surface area contributed by atoms with Crippen molar-refractivity contribution in [3.05, 3.63) is 85.5 Å². The molecule has 12 nitrogen and oxygen atoms in total. The van der Waals surface area contributed by atoms with Gasteiger partial charge in [-0.25, -0.2) is 28.1 Å². The van der Waals surface area contributed by atoms with Crippen LogP contribution in [0.25, 0.3) is 21.9 Å². The number of ether oxygens (including phenoxy) is 2. The molecule has 0 spiro atoms. The van der Waals surface area contributed by atoms with Crippen LogP contribution in [-0.2, 0) is 10.0 Å². The molecule has 6 rings (SSSR count). The number of benzene rings is 3. The molecule has 3 aromatic carbocycles. The Hall–Kier alpha value is -5.43. The summed E-state index contributed by atoms with van der Waals surface area (Å²) in [4.78, 5) is 19.0. The van der Waals surface area contributed by atoms with Gasteiger partial charge < -0.3 is 20.1 Å². The van der Waals surface area contributed by atoms with Gasteiger partial charge in [-0.3, -0.25) is 4.98 Å². The Labute approximate surface area is 234 Å². The van der Waals surface area contributed by atoms with E-state index in [1.807, 2.05) is 36.4 Å². The maximum Gasteiger partial charge on any atom is 0.264 e. The highest BCUT2D eigenvalue weighted by Gasteiger charge is 2.20. The van der Waals surface area contributed by atoms with Crippen molar-refractivity contribution in [1.82, 2.24) is 19.9 Å². The monoisotopic (exact) mass is 569 g/mol. The number of nitrogens with one attached hydrogen (secondary N) is 5. The highest BCUT2D eigenvalue weighted by molar-refractivity contribution is 7.92. The summed E-state index contributed by atoms with van der Waals surface area (Å²) >= 11 is 0. The fraction of sp³-hybridized carbons (Fsp3) is 0.0714.